The van der Waals surface area contributed by atoms with Crippen molar-refractivity contribution in [1.29, 1.82) is 0 Å². The first-order valence-corrected chi connectivity index (χ1v) is 38.2. The number of carbonyl (C=O) groups excluding carboxylic acids is 6. The Morgan fingerprint density at radius 2 is 0.917 bits per heavy atom. The molecule has 6 saturated heterocycles. The number of rotatable bonds is 16. The molecule has 6 amide bonds. The molecule has 8 aliphatic heterocycles. The number of ether oxygens (including phenoxy) is 2. The number of hydrogen-bond donors (Lipinski definition) is 4. The summed E-state index contributed by atoms with van der Waals surface area (Å²) < 4.78 is 15.2. The topological polar surface area (TPSA) is 276 Å². The summed E-state index contributed by atoms with van der Waals surface area (Å²) in [5, 5.41) is 13.2. The van der Waals surface area contributed by atoms with Gasteiger partial charge in [-0.25, -0.2) is 19.9 Å². The number of imidazole rings is 2. The van der Waals surface area contributed by atoms with Crippen LogP contribution in [-0.2, 0) is 72.3 Å². The van der Waals surface area contributed by atoms with E-state index in [0.29, 0.717) is 151 Å². The molecule has 8 aliphatic rings. The minimum absolute atomic E-state index is 0.0394. The maximum atomic E-state index is 13.7. The number of likely N-dealkylation sites (tertiary alicyclic amines) is 4. The molecule has 0 bridgehead atoms. The highest BCUT2D eigenvalue weighted by Crippen LogP contribution is 2.45. The van der Waals surface area contributed by atoms with Crippen LogP contribution in [0.3, 0.4) is 0 Å². The molecule has 14 heterocycles. The van der Waals surface area contributed by atoms with Crippen molar-refractivity contribution in [2.75, 3.05) is 103 Å². The number of benzene rings is 2. The van der Waals surface area contributed by atoms with E-state index in [2.05, 4.69) is 50.8 Å². The molecule has 108 heavy (non-hydrogen) atoms. The van der Waals surface area contributed by atoms with Gasteiger partial charge in [-0.05, 0) is 62.1 Å². The van der Waals surface area contributed by atoms with Crippen LogP contribution in [0.1, 0.15) is 108 Å². The summed E-state index contributed by atoms with van der Waals surface area (Å²) in [5.74, 6) is 1.42. The number of amides is 6. The van der Waals surface area contributed by atoms with Gasteiger partial charge in [0.2, 0.25) is 35.4 Å². The van der Waals surface area contributed by atoms with Crippen molar-refractivity contribution in [2.45, 2.75) is 103 Å². The lowest BCUT2D eigenvalue weighted by molar-refractivity contribution is -0.131. The summed E-state index contributed by atoms with van der Waals surface area (Å²) >= 11 is 28.0. The fraction of sp³-hybridized carbons (Fsp3) is 0.436. The second-order valence-corrected chi connectivity index (χ2v) is 31.4. The maximum Gasteiger partial charge on any atom is 0.291 e. The molecule has 0 atom stereocenters. The van der Waals surface area contributed by atoms with Crippen molar-refractivity contribution in [1.82, 2.24) is 79.1 Å². The standard InChI is InChI=1S/2C39H43Cl2N9O4/c2*1-23(51)49-14-10-25(11-15-49)50-16-12-31-30(19-50)44-36(47(31)2)37(53)45-29-6-4-5-27(33(29)40)35-34(41)26(9-13-42-35)28-8-7-24(38(46-28)54-3)18-48-21-39(22-48)17-32(52)43-20-39/h2*4-9,13,25H,10-12,14-22H2,1-3H3,(H,43,52)(H,45,53). The van der Waals surface area contributed by atoms with E-state index in [9.17, 15) is 28.8 Å². The highest BCUT2D eigenvalue weighted by molar-refractivity contribution is 6.40. The molecule has 0 aliphatic carbocycles. The molecule has 0 unspecified atom stereocenters. The molecule has 564 valence electrons. The number of fused-ring (bicyclic) bond motifs is 2. The number of nitrogens with zero attached hydrogens (tertiary/aromatic N) is 14. The van der Waals surface area contributed by atoms with E-state index in [1.54, 1.807) is 76.9 Å². The van der Waals surface area contributed by atoms with Gasteiger partial charge in [-0.15, -0.1) is 0 Å². The van der Waals surface area contributed by atoms with Crippen LogP contribution in [-0.4, -0.2) is 209 Å². The van der Waals surface area contributed by atoms with Gasteiger partial charge in [0.05, 0.1) is 79.8 Å². The van der Waals surface area contributed by atoms with Crippen LogP contribution in [0.4, 0.5) is 11.4 Å². The molecule has 4 N–H and O–H groups in total. The maximum absolute atomic E-state index is 13.7. The predicted molar refractivity (Wildman–Crippen MR) is 411 cm³/mol. The number of pyridine rings is 4. The Kier molecular flexibility index (Phi) is 21.2. The van der Waals surface area contributed by atoms with Gasteiger partial charge < -0.3 is 49.7 Å². The molecular formula is C78H86Cl4N18O8. The number of nitrogens with one attached hydrogen (secondary N) is 4. The van der Waals surface area contributed by atoms with Crippen molar-refractivity contribution in [3.8, 4) is 56.8 Å². The minimum atomic E-state index is -0.363. The van der Waals surface area contributed by atoms with E-state index in [0.717, 1.165) is 151 Å². The number of aromatic nitrogens is 8. The predicted octanol–water partition coefficient (Wildman–Crippen LogP) is 9.61. The Morgan fingerprint density at radius 1 is 0.519 bits per heavy atom. The molecule has 8 aromatic rings. The van der Waals surface area contributed by atoms with Crippen molar-refractivity contribution >= 4 is 93.2 Å². The fourth-order valence-electron chi connectivity index (χ4n) is 17.1. The molecule has 2 spiro atoms. The van der Waals surface area contributed by atoms with Gasteiger partial charge in [-0.2, -0.15) is 0 Å². The number of methoxy groups -OCH3 is 2. The van der Waals surface area contributed by atoms with E-state index in [1.165, 1.54) is 0 Å². The van der Waals surface area contributed by atoms with E-state index in [1.807, 2.05) is 69.4 Å². The molecule has 2 aromatic carbocycles. The van der Waals surface area contributed by atoms with E-state index in [-0.39, 0.29) is 46.3 Å². The summed E-state index contributed by atoms with van der Waals surface area (Å²) in [6.45, 7) is 15.6. The number of carbonyl (C=O) groups is 6. The number of halogens is 4. The lowest BCUT2D eigenvalue weighted by Gasteiger charge is -2.47. The van der Waals surface area contributed by atoms with Gasteiger partial charge in [0.1, 0.15) is 0 Å². The molecular weight excluding hydrogens is 1460 g/mol. The zero-order valence-electron chi connectivity index (χ0n) is 61.2. The average Bonchev–Trinajstić information content (AvgIpc) is 1.45. The third-order valence-electron chi connectivity index (χ3n) is 22.8. The van der Waals surface area contributed by atoms with Crippen molar-refractivity contribution in [3.05, 3.63) is 151 Å². The Morgan fingerprint density at radius 3 is 1.28 bits per heavy atom. The molecule has 26 nitrogen and oxygen atoms in total. The number of anilines is 2. The third kappa shape index (κ3) is 14.9. The fourth-order valence-corrected chi connectivity index (χ4v) is 18.3. The Labute approximate surface area is 646 Å². The largest absolute Gasteiger partial charge is 0.481 e. The van der Waals surface area contributed by atoms with Crippen molar-refractivity contribution in [3.63, 3.8) is 0 Å². The minimum Gasteiger partial charge on any atom is -0.481 e. The van der Waals surface area contributed by atoms with Gasteiger partial charge in [0.25, 0.3) is 11.8 Å². The highest BCUT2D eigenvalue weighted by Gasteiger charge is 2.49. The van der Waals surface area contributed by atoms with Gasteiger partial charge in [-0.1, -0.05) is 82.8 Å². The van der Waals surface area contributed by atoms with E-state index < -0.39 is 0 Å². The molecule has 16 rings (SSSR count). The van der Waals surface area contributed by atoms with Crippen molar-refractivity contribution in [2.24, 2.45) is 24.9 Å². The van der Waals surface area contributed by atoms with Crippen LogP contribution >= 0.6 is 46.4 Å². The van der Waals surface area contributed by atoms with Crippen molar-refractivity contribution < 1.29 is 38.2 Å². The number of piperidine rings is 2. The SMILES string of the molecule is COc1nc(-c2ccnc(-c3cccc(NC(=O)c4nc5c(n4C)CCN(C4CCN(C(C)=O)CC4)C5)c3Cl)c2Cl)ccc1CN1CC2(CNC(=O)C2)C1.COc1nc(-c2ccnc(-c3cccc(NC(=O)c4nc5c(n4C)CCN(C4CCN(C(C)=O)CC4)C5)c3Cl)c2Cl)ccc1CN1CC2(CNC(=O)C2)C1. The van der Waals surface area contributed by atoms with Gasteiger partial charge >= 0.3 is 0 Å². The number of hydrogen-bond acceptors (Lipinski definition) is 18. The molecule has 0 radical (unpaired) electrons. The quantitative estimate of drug-likeness (QED) is 0.0700. The first-order chi connectivity index (χ1) is 52.0. The second-order valence-electron chi connectivity index (χ2n) is 29.9. The summed E-state index contributed by atoms with van der Waals surface area (Å²) in [4.78, 5) is 116. The molecule has 6 fully saturated rings. The lowest BCUT2D eigenvalue weighted by atomic mass is 9.79. The first kappa shape index (κ1) is 74.3. The summed E-state index contributed by atoms with van der Waals surface area (Å²) in [6, 6.07) is 22.9. The van der Waals surface area contributed by atoms with Crippen LogP contribution < -0.4 is 30.7 Å². The Balaban J connectivity index is 0.000000172. The van der Waals surface area contributed by atoms with Gasteiger partial charge in [-0.3, -0.25) is 58.3 Å². The summed E-state index contributed by atoms with van der Waals surface area (Å²) in [6.07, 6.45) is 9.80. The second kappa shape index (κ2) is 30.7. The third-order valence-corrected chi connectivity index (χ3v) is 24.4. The van der Waals surface area contributed by atoms with Crippen LogP contribution in [0.15, 0.2) is 85.2 Å². The van der Waals surface area contributed by atoms with Crippen LogP contribution in [0.2, 0.25) is 20.1 Å². The van der Waals surface area contributed by atoms with Gasteiger partial charge in [0, 0.05) is 238 Å². The van der Waals surface area contributed by atoms with Crippen LogP contribution in [0.5, 0.6) is 11.8 Å². The van der Waals surface area contributed by atoms with E-state index in [4.69, 9.17) is 75.8 Å². The highest BCUT2D eigenvalue weighted by atomic mass is 35.5. The lowest BCUT2D eigenvalue weighted by Crippen LogP contribution is -2.56. The molecule has 0 saturated carbocycles. The summed E-state index contributed by atoms with van der Waals surface area (Å²) in [7, 11) is 6.95. The Hall–Kier alpha value is -9.12. The van der Waals surface area contributed by atoms with Gasteiger partial charge in [0.15, 0.2) is 11.6 Å². The average molecular weight is 1550 g/mol. The zero-order valence-corrected chi connectivity index (χ0v) is 64.3. The molecule has 6 aromatic heterocycles. The monoisotopic (exact) mass is 1540 g/mol. The molecule has 30 heteroatoms. The first-order valence-electron chi connectivity index (χ1n) is 36.7. The normalized spacial score (nSPS) is 18.7. The van der Waals surface area contributed by atoms with Crippen LogP contribution in [0.25, 0.3) is 45.0 Å². The van der Waals surface area contributed by atoms with Crippen LogP contribution in [0, 0.1) is 10.8 Å². The summed E-state index contributed by atoms with van der Waals surface area (Å²) in [5.41, 5.74) is 11.3. The Bertz CT molecular complexity index is 4580. The zero-order chi connectivity index (χ0) is 75.4. The van der Waals surface area contributed by atoms with E-state index >= 15 is 0 Å². The smallest absolute Gasteiger partial charge is 0.291 e.